The number of nitrogens with zero attached hydrogens (tertiary/aromatic N) is 5. The first-order valence-corrected chi connectivity index (χ1v) is 9.14. The monoisotopic (exact) mass is 376 g/mol. The summed E-state index contributed by atoms with van der Waals surface area (Å²) < 4.78 is 12.5. The molecule has 1 aliphatic rings. The fraction of sp³-hybridized carbons (Fsp3) is 0.250. The first-order chi connectivity index (χ1) is 13.7. The molecular weight excluding hydrogens is 356 g/mol. The first-order valence-electron chi connectivity index (χ1n) is 9.14. The Morgan fingerprint density at radius 2 is 2.18 bits per heavy atom. The van der Waals surface area contributed by atoms with Gasteiger partial charge in [0, 0.05) is 31.4 Å². The van der Waals surface area contributed by atoms with E-state index in [9.17, 15) is 0 Å². The molecular formula is C20H20N6O2. The minimum absolute atomic E-state index is 0.304. The van der Waals surface area contributed by atoms with Gasteiger partial charge in [-0.3, -0.25) is 4.90 Å². The van der Waals surface area contributed by atoms with E-state index in [0.717, 1.165) is 30.8 Å². The third-order valence-electron chi connectivity index (χ3n) is 5.12. The Bertz CT molecular complexity index is 1140. The largest absolute Gasteiger partial charge is 0.496 e. The van der Waals surface area contributed by atoms with Crippen molar-refractivity contribution >= 4 is 11.6 Å². The van der Waals surface area contributed by atoms with Crippen LogP contribution in [0.3, 0.4) is 0 Å². The number of ether oxygens (including phenoxy) is 1. The van der Waals surface area contributed by atoms with Crippen LogP contribution in [0, 0.1) is 0 Å². The lowest BCUT2D eigenvalue weighted by Gasteiger charge is -2.29. The van der Waals surface area contributed by atoms with Crippen LogP contribution < -0.4 is 10.5 Å². The Morgan fingerprint density at radius 3 is 3.00 bits per heavy atom. The van der Waals surface area contributed by atoms with E-state index in [0.29, 0.717) is 29.7 Å². The molecule has 0 spiro atoms. The third kappa shape index (κ3) is 2.78. The Balaban J connectivity index is 1.46. The van der Waals surface area contributed by atoms with Crippen molar-refractivity contribution in [3.63, 3.8) is 0 Å². The summed E-state index contributed by atoms with van der Waals surface area (Å²) in [5.41, 5.74) is 10.3. The average molecular weight is 376 g/mol. The number of hydrogen-bond acceptors (Lipinski definition) is 7. The minimum Gasteiger partial charge on any atom is -0.496 e. The smallest absolute Gasteiger partial charge is 0.223 e. The Morgan fingerprint density at radius 1 is 1.25 bits per heavy atom. The predicted octanol–water partition coefficient (Wildman–Crippen LogP) is 2.53. The van der Waals surface area contributed by atoms with Gasteiger partial charge in [-0.15, -0.1) is 5.10 Å². The Labute approximate surface area is 161 Å². The highest BCUT2D eigenvalue weighted by Crippen LogP contribution is 2.29. The number of benzene rings is 1. The summed E-state index contributed by atoms with van der Waals surface area (Å²) in [6.45, 7) is 2.50. The molecule has 8 nitrogen and oxygen atoms in total. The number of nitrogens with two attached hydrogens (primary N) is 1. The molecule has 4 heterocycles. The van der Waals surface area contributed by atoms with Gasteiger partial charge in [-0.25, -0.2) is 9.97 Å². The molecule has 5 rings (SSSR count). The molecule has 28 heavy (non-hydrogen) atoms. The fourth-order valence-electron chi connectivity index (χ4n) is 3.76. The Kier molecular flexibility index (Phi) is 3.98. The number of anilines is 1. The van der Waals surface area contributed by atoms with Crippen LogP contribution in [-0.4, -0.2) is 38.1 Å². The van der Waals surface area contributed by atoms with E-state index in [1.54, 1.807) is 24.1 Å². The molecule has 0 fully saturated rings. The van der Waals surface area contributed by atoms with Crippen LogP contribution in [0.2, 0.25) is 0 Å². The summed E-state index contributed by atoms with van der Waals surface area (Å²) in [6.07, 6.45) is 4.33. The van der Waals surface area contributed by atoms with Gasteiger partial charge < -0.3 is 14.9 Å². The van der Waals surface area contributed by atoms with Crippen molar-refractivity contribution in [1.29, 1.82) is 0 Å². The molecule has 4 aromatic rings. The summed E-state index contributed by atoms with van der Waals surface area (Å²) in [5.74, 6) is 2.37. The van der Waals surface area contributed by atoms with Gasteiger partial charge in [0.15, 0.2) is 11.4 Å². The number of methoxy groups -OCH3 is 1. The van der Waals surface area contributed by atoms with E-state index in [4.69, 9.17) is 14.9 Å². The number of furan rings is 1. The lowest BCUT2D eigenvalue weighted by atomic mass is 9.98. The van der Waals surface area contributed by atoms with E-state index in [2.05, 4.69) is 26.0 Å². The maximum absolute atomic E-state index is 6.01. The molecule has 0 saturated carbocycles. The first kappa shape index (κ1) is 16.8. The molecule has 8 heteroatoms. The van der Waals surface area contributed by atoms with Crippen LogP contribution in [0.5, 0.6) is 5.75 Å². The maximum Gasteiger partial charge on any atom is 0.223 e. The molecule has 0 bridgehead atoms. The molecule has 142 valence electrons. The van der Waals surface area contributed by atoms with Crippen LogP contribution in [0.15, 0.2) is 47.2 Å². The van der Waals surface area contributed by atoms with Crippen LogP contribution in [-0.2, 0) is 19.5 Å². The predicted molar refractivity (Wildman–Crippen MR) is 104 cm³/mol. The molecule has 1 aromatic carbocycles. The highest BCUT2D eigenvalue weighted by Gasteiger charge is 2.21. The van der Waals surface area contributed by atoms with Gasteiger partial charge in [0.25, 0.3) is 0 Å². The van der Waals surface area contributed by atoms with Crippen LogP contribution in [0.4, 0.5) is 5.95 Å². The second-order valence-corrected chi connectivity index (χ2v) is 6.85. The van der Waals surface area contributed by atoms with Gasteiger partial charge in [-0.05, 0) is 35.7 Å². The summed E-state index contributed by atoms with van der Waals surface area (Å²) in [4.78, 5) is 11.3. The molecule has 0 radical (unpaired) electrons. The standard InChI is InChI=1S/C20H20N6O2/c1-27-16-5-2-4-13-11-25(8-7-15(13)16)12-14-10-22-20(21)26-19(14)23-18(24-26)17-6-3-9-28-17/h2-6,9-10H,7-8,11-12H2,1H3,(H2,21,22). The van der Waals surface area contributed by atoms with Gasteiger partial charge >= 0.3 is 0 Å². The minimum atomic E-state index is 0.304. The van der Waals surface area contributed by atoms with Gasteiger partial charge in [0.2, 0.25) is 11.8 Å². The molecule has 0 aliphatic carbocycles. The third-order valence-corrected chi connectivity index (χ3v) is 5.12. The molecule has 2 N–H and O–H groups in total. The molecule has 0 amide bonds. The highest BCUT2D eigenvalue weighted by molar-refractivity contribution is 5.57. The number of rotatable bonds is 4. The van der Waals surface area contributed by atoms with Gasteiger partial charge in [0.1, 0.15) is 5.75 Å². The average Bonchev–Trinajstić information content (AvgIpc) is 3.39. The summed E-state index contributed by atoms with van der Waals surface area (Å²) in [5, 5.41) is 4.46. The zero-order valence-electron chi connectivity index (χ0n) is 15.5. The van der Waals surface area contributed by atoms with Gasteiger partial charge in [0.05, 0.1) is 13.4 Å². The number of aromatic nitrogens is 4. The van der Waals surface area contributed by atoms with Gasteiger partial charge in [-0.2, -0.15) is 4.52 Å². The van der Waals surface area contributed by atoms with Crippen LogP contribution >= 0.6 is 0 Å². The maximum atomic E-state index is 6.01. The number of nitrogen functional groups attached to an aromatic ring is 1. The highest BCUT2D eigenvalue weighted by atomic mass is 16.5. The van der Waals surface area contributed by atoms with Crippen molar-refractivity contribution in [3.05, 3.63) is 59.5 Å². The number of hydrogen-bond donors (Lipinski definition) is 1. The zero-order valence-corrected chi connectivity index (χ0v) is 15.5. The lowest BCUT2D eigenvalue weighted by molar-refractivity contribution is 0.243. The van der Waals surface area contributed by atoms with Crippen molar-refractivity contribution in [3.8, 4) is 17.3 Å². The van der Waals surface area contributed by atoms with Crippen molar-refractivity contribution in [2.75, 3.05) is 19.4 Å². The van der Waals surface area contributed by atoms with Crippen LogP contribution in [0.1, 0.15) is 16.7 Å². The normalized spacial score (nSPS) is 14.3. The van der Waals surface area contributed by atoms with Crippen molar-refractivity contribution < 1.29 is 9.15 Å². The van der Waals surface area contributed by atoms with Gasteiger partial charge in [-0.1, -0.05) is 12.1 Å². The van der Waals surface area contributed by atoms with E-state index >= 15 is 0 Å². The SMILES string of the molecule is COc1cccc2c1CCN(Cc1cnc(N)n3nc(-c4ccco4)nc13)C2. The summed E-state index contributed by atoms with van der Waals surface area (Å²) in [7, 11) is 1.72. The molecule has 0 atom stereocenters. The molecule has 0 saturated heterocycles. The van der Waals surface area contributed by atoms with E-state index in [-0.39, 0.29) is 0 Å². The second kappa shape index (κ2) is 6.65. The summed E-state index contributed by atoms with van der Waals surface area (Å²) >= 11 is 0. The van der Waals surface area contributed by atoms with E-state index in [1.165, 1.54) is 11.1 Å². The molecule has 1 aliphatic heterocycles. The topological polar surface area (TPSA) is 94.7 Å². The van der Waals surface area contributed by atoms with Crippen LogP contribution in [0.25, 0.3) is 17.2 Å². The summed E-state index contributed by atoms with van der Waals surface area (Å²) in [6, 6.07) is 9.86. The number of fused-ring (bicyclic) bond motifs is 2. The fourth-order valence-corrected chi connectivity index (χ4v) is 3.76. The lowest BCUT2D eigenvalue weighted by Crippen LogP contribution is -2.30. The van der Waals surface area contributed by atoms with Crippen molar-refractivity contribution in [2.24, 2.45) is 0 Å². The quantitative estimate of drug-likeness (QED) is 0.585. The van der Waals surface area contributed by atoms with E-state index < -0.39 is 0 Å². The molecule has 0 unspecified atom stereocenters. The second-order valence-electron chi connectivity index (χ2n) is 6.85. The van der Waals surface area contributed by atoms with Crippen molar-refractivity contribution in [1.82, 2.24) is 24.5 Å². The Hall–Kier alpha value is -3.39. The molecule has 3 aromatic heterocycles. The van der Waals surface area contributed by atoms with Crippen molar-refractivity contribution in [2.45, 2.75) is 19.5 Å². The zero-order chi connectivity index (χ0) is 19.1. The van der Waals surface area contributed by atoms with E-state index in [1.807, 2.05) is 24.3 Å².